The van der Waals surface area contributed by atoms with Crippen LogP contribution >= 0.6 is 11.6 Å². The van der Waals surface area contributed by atoms with Crippen molar-refractivity contribution in [1.82, 2.24) is 15.8 Å². The molecule has 0 aromatic heterocycles. The molecule has 2 aliphatic rings. The van der Waals surface area contributed by atoms with Crippen molar-refractivity contribution in [1.29, 1.82) is 0 Å². The quantitative estimate of drug-likeness (QED) is 0.766. The minimum atomic E-state index is -0.0742. The zero-order valence-electron chi connectivity index (χ0n) is 11.3. The van der Waals surface area contributed by atoms with Crippen LogP contribution in [0.15, 0.2) is 0 Å². The summed E-state index contributed by atoms with van der Waals surface area (Å²) in [6, 6.07) is 0.0998. The van der Waals surface area contributed by atoms with Gasteiger partial charge in [0.15, 0.2) is 0 Å². The smallest absolute Gasteiger partial charge is 0.238 e. The molecule has 104 valence electrons. The molecule has 0 aromatic rings. The summed E-state index contributed by atoms with van der Waals surface area (Å²) in [5.74, 6) is 0.532. The highest BCUT2D eigenvalue weighted by Gasteiger charge is 2.31. The number of halogens is 1. The summed E-state index contributed by atoms with van der Waals surface area (Å²) in [5, 5.41) is 5.32. The number of carbonyl (C=O) groups excluding carboxylic acids is 1. The molecule has 0 bridgehead atoms. The first-order chi connectivity index (χ1) is 8.58. The molecule has 18 heavy (non-hydrogen) atoms. The number of hydrogen-bond donors (Lipinski definition) is 2. The predicted octanol–water partition coefficient (Wildman–Crippen LogP) is 1.50. The Balaban J connectivity index is 1.82. The topological polar surface area (TPSA) is 44.4 Å². The Morgan fingerprint density at radius 2 is 2.11 bits per heavy atom. The second kappa shape index (κ2) is 6.22. The number of nitrogens with one attached hydrogen (secondary N) is 2. The summed E-state index contributed by atoms with van der Waals surface area (Å²) >= 11 is 6.37. The molecule has 1 heterocycles. The molecule has 0 spiro atoms. The zero-order valence-corrected chi connectivity index (χ0v) is 12.0. The Bertz CT molecular complexity index is 300. The van der Waals surface area contributed by atoms with Crippen LogP contribution < -0.4 is 10.7 Å². The van der Waals surface area contributed by atoms with E-state index in [2.05, 4.69) is 17.7 Å². The largest absolute Gasteiger partial charge is 0.352 e. The van der Waals surface area contributed by atoms with Crippen molar-refractivity contribution >= 4 is 17.5 Å². The molecule has 2 N–H and O–H groups in total. The lowest BCUT2D eigenvalue weighted by molar-refractivity contribution is -0.124. The Hall–Kier alpha value is -0.320. The molecule has 2 fully saturated rings. The molecule has 5 heteroatoms. The Labute approximate surface area is 114 Å². The van der Waals surface area contributed by atoms with Crippen molar-refractivity contribution in [2.24, 2.45) is 5.92 Å². The monoisotopic (exact) mass is 273 g/mol. The van der Waals surface area contributed by atoms with E-state index in [-0.39, 0.29) is 23.4 Å². The number of hydrazine groups is 1. The molecule has 0 aromatic carbocycles. The maximum atomic E-state index is 12.1. The molecule has 3 unspecified atom stereocenters. The first-order valence-corrected chi connectivity index (χ1v) is 7.43. The van der Waals surface area contributed by atoms with Gasteiger partial charge < -0.3 is 5.32 Å². The number of amides is 1. The van der Waals surface area contributed by atoms with E-state index >= 15 is 0 Å². The fourth-order valence-electron chi connectivity index (χ4n) is 3.02. The van der Waals surface area contributed by atoms with E-state index < -0.39 is 0 Å². The molecule has 4 nitrogen and oxygen atoms in total. The lowest BCUT2D eigenvalue weighted by atomic mass is 9.84. The third kappa shape index (κ3) is 3.37. The first kappa shape index (κ1) is 14.1. The van der Waals surface area contributed by atoms with Crippen molar-refractivity contribution in [2.75, 3.05) is 13.6 Å². The third-order valence-electron chi connectivity index (χ3n) is 4.19. The minimum Gasteiger partial charge on any atom is -0.352 e. The molecule has 2 rings (SSSR count). The van der Waals surface area contributed by atoms with Crippen LogP contribution in [0.25, 0.3) is 0 Å². The molecule has 0 radical (unpaired) electrons. The van der Waals surface area contributed by atoms with Gasteiger partial charge in [0.1, 0.15) is 6.04 Å². The van der Waals surface area contributed by atoms with Crippen molar-refractivity contribution in [3.05, 3.63) is 0 Å². The maximum absolute atomic E-state index is 12.1. The highest BCUT2D eigenvalue weighted by Crippen LogP contribution is 2.31. The van der Waals surface area contributed by atoms with Gasteiger partial charge in [-0.05, 0) is 32.1 Å². The summed E-state index contributed by atoms with van der Waals surface area (Å²) < 4.78 is 0. The molecule has 1 saturated heterocycles. The lowest BCUT2D eigenvalue weighted by Gasteiger charge is -2.33. The zero-order chi connectivity index (χ0) is 13.1. The van der Waals surface area contributed by atoms with E-state index in [9.17, 15) is 4.79 Å². The van der Waals surface area contributed by atoms with Gasteiger partial charge in [-0.15, -0.1) is 11.6 Å². The highest BCUT2D eigenvalue weighted by molar-refractivity contribution is 6.20. The minimum absolute atomic E-state index is 0.0742. The van der Waals surface area contributed by atoms with Gasteiger partial charge in [0.2, 0.25) is 5.91 Å². The average Bonchev–Trinajstić information content (AvgIpc) is 2.76. The standard InChI is InChI=1S/C13H24ClN3O/c1-9(10-5-3-4-6-11(10)14)15-13(18)12-7-8-17(2)16-12/h9-12,16H,3-8H2,1-2H3,(H,15,18)/t9-,10?,11?,12?/m1/s1. The number of alkyl halides is 1. The van der Waals surface area contributed by atoms with Crippen molar-refractivity contribution in [3.8, 4) is 0 Å². The van der Waals surface area contributed by atoms with Crippen LogP contribution in [0.1, 0.15) is 39.0 Å². The van der Waals surface area contributed by atoms with Gasteiger partial charge in [-0.2, -0.15) is 0 Å². The second-order valence-electron chi connectivity index (χ2n) is 5.65. The molecule has 1 aliphatic heterocycles. The van der Waals surface area contributed by atoms with Gasteiger partial charge in [0.25, 0.3) is 0 Å². The Morgan fingerprint density at radius 3 is 2.72 bits per heavy atom. The third-order valence-corrected chi connectivity index (χ3v) is 4.73. The van der Waals surface area contributed by atoms with E-state index in [0.29, 0.717) is 5.92 Å². The molecule has 4 atom stereocenters. The van der Waals surface area contributed by atoms with Crippen molar-refractivity contribution in [2.45, 2.75) is 56.5 Å². The number of rotatable bonds is 3. The highest BCUT2D eigenvalue weighted by atomic mass is 35.5. The van der Waals surface area contributed by atoms with Crippen LogP contribution in [0.4, 0.5) is 0 Å². The van der Waals surface area contributed by atoms with Crippen LogP contribution in [0.2, 0.25) is 0 Å². The van der Waals surface area contributed by atoms with E-state index in [1.165, 1.54) is 12.8 Å². The summed E-state index contributed by atoms with van der Waals surface area (Å²) in [7, 11) is 1.96. The van der Waals surface area contributed by atoms with Crippen LogP contribution in [0.3, 0.4) is 0 Å². The van der Waals surface area contributed by atoms with E-state index in [1.807, 2.05) is 12.1 Å². The molecule has 1 amide bonds. The summed E-state index contributed by atoms with van der Waals surface area (Å²) in [4.78, 5) is 12.1. The molecular formula is C13H24ClN3O. The van der Waals surface area contributed by atoms with Gasteiger partial charge >= 0.3 is 0 Å². The number of nitrogens with zero attached hydrogens (tertiary/aromatic N) is 1. The van der Waals surface area contributed by atoms with Gasteiger partial charge in [-0.25, -0.2) is 10.4 Å². The maximum Gasteiger partial charge on any atom is 0.238 e. The van der Waals surface area contributed by atoms with E-state index in [4.69, 9.17) is 11.6 Å². The van der Waals surface area contributed by atoms with Gasteiger partial charge in [0, 0.05) is 25.0 Å². The first-order valence-electron chi connectivity index (χ1n) is 6.99. The van der Waals surface area contributed by atoms with Crippen molar-refractivity contribution < 1.29 is 4.79 Å². The molecular weight excluding hydrogens is 250 g/mol. The Morgan fingerprint density at radius 1 is 1.39 bits per heavy atom. The van der Waals surface area contributed by atoms with Gasteiger partial charge in [-0.1, -0.05) is 12.8 Å². The van der Waals surface area contributed by atoms with Crippen molar-refractivity contribution in [3.63, 3.8) is 0 Å². The summed E-state index contributed by atoms with van der Waals surface area (Å²) in [6.45, 7) is 3.01. The SMILES string of the molecule is C[C@@H](NC(=O)C1CCN(C)N1)C1CCCCC1Cl. The molecule has 1 saturated carbocycles. The van der Waals surface area contributed by atoms with Gasteiger partial charge in [0.05, 0.1) is 0 Å². The van der Waals surface area contributed by atoms with Crippen LogP contribution in [-0.2, 0) is 4.79 Å². The number of carbonyl (C=O) groups is 1. The van der Waals surface area contributed by atoms with Crippen LogP contribution in [0, 0.1) is 5.92 Å². The fourth-order valence-corrected chi connectivity index (χ4v) is 3.52. The second-order valence-corrected chi connectivity index (χ2v) is 6.21. The van der Waals surface area contributed by atoms with E-state index in [0.717, 1.165) is 25.8 Å². The normalized spacial score (nSPS) is 35.4. The van der Waals surface area contributed by atoms with Gasteiger partial charge in [-0.3, -0.25) is 4.79 Å². The number of hydrogen-bond acceptors (Lipinski definition) is 3. The summed E-state index contributed by atoms with van der Waals surface area (Å²) in [6.07, 6.45) is 5.55. The fraction of sp³-hybridized carbons (Fsp3) is 0.923. The summed E-state index contributed by atoms with van der Waals surface area (Å²) in [5.41, 5.74) is 3.16. The Kier molecular flexibility index (Phi) is 4.87. The average molecular weight is 274 g/mol. The van der Waals surface area contributed by atoms with Crippen LogP contribution in [0.5, 0.6) is 0 Å². The lowest BCUT2D eigenvalue weighted by Crippen LogP contribution is -2.50. The molecule has 1 aliphatic carbocycles. The van der Waals surface area contributed by atoms with E-state index in [1.54, 1.807) is 0 Å². The van der Waals surface area contributed by atoms with Crippen LogP contribution in [-0.4, -0.2) is 42.0 Å². The predicted molar refractivity (Wildman–Crippen MR) is 73.4 cm³/mol.